The van der Waals surface area contributed by atoms with Crippen LogP contribution >= 0.6 is 0 Å². The van der Waals surface area contributed by atoms with Crippen molar-refractivity contribution in [2.45, 2.75) is 38.2 Å². The van der Waals surface area contributed by atoms with Crippen LogP contribution in [0.3, 0.4) is 0 Å². The normalized spacial score (nSPS) is 26.3. The molecule has 1 atom stereocenters. The maximum Gasteiger partial charge on any atom is 0.0933 e. The number of rotatable bonds is 7. The van der Waals surface area contributed by atoms with Crippen LogP contribution in [0.1, 0.15) is 32.1 Å². The van der Waals surface area contributed by atoms with Crippen LogP contribution in [0.15, 0.2) is 0 Å². The van der Waals surface area contributed by atoms with Crippen molar-refractivity contribution in [1.29, 1.82) is 0 Å². The molecule has 2 aliphatic heterocycles. The van der Waals surface area contributed by atoms with Gasteiger partial charge in [0.15, 0.2) is 0 Å². The smallest absolute Gasteiger partial charge is 0.0933 e. The first-order valence-corrected chi connectivity index (χ1v) is 7.43. The fraction of sp³-hybridized carbons (Fsp3) is 1.00. The van der Waals surface area contributed by atoms with E-state index in [-0.39, 0.29) is 6.10 Å². The minimum Gasteiger partial charge on any atom is -0.381 e. The third-order valence-corrected chi connectivity index (χ3v) is 3.81. The molecular weight excluding hydrogens is 230 g/mol. The maximum absolute atomic E-state index is 5.58. The van der Waals surface area contributed by atoms with Crippen LogP contribution in [-0.4, -0.2) is 52.2 Å². The summed E-state index contributed by atoms with van der Waals surface area (Å²) in [5, 5.41) is 3.46. The largest absolute Gasteiger partial charge is 0.381 e. The number of unbranched alkanes of at least 4 members (excludes halogenated alkanes) is 1. The van der Waals surface area contributed by atoms with E-state index in [9.17, 15) is 0 Å². The summed E-state index contributed by atoms with van der Waals surface area (Å²) in [6.45, 7) is 6.22. The van der Waals surface area contributed by atoms with E-state index < -0.39 is 0 Å². The summed E-state index contributed by atoms with van der Waals surface area (Å²) in [4.78, 5) is 0. The molecule has 1 N–H and O–H groups in total. The third kappa shape index (κ3) is 5.65. The summed E-state index contributed by atoms with van der Waals surface area (Å²) in [7, 11) is 0. The van der Waals surface area contributed by atoms with E-state index in [0.717, 1.165) is 52.0 Å². The van der Waals surface area contributed by atoms with Gasteiger partial charge in [-0.3, -0.25) is 0 Å². The van der Waals surface area contributed by atoms with Crippen molar-refractivity contribution in [3.63, 3.8) is 0 Å². The summed E-state index contributed by atoms with van der Waals surface area (Å²) in [6, 6.07) is 0. The fourth-order valence-electron chi connectivity index (χ4n) is 2.64. The van der Waals surface area contributed by atoms with E-state index >= 15 is 0 Å². The van der Waals surface area contributed by atoms with E-state index in [1.165, 1.54) is 32.1 Å². The lowest BCUT2D eigenvalue weighted by Gasteiger charge is -2.23. The Morgan fingerprint density at radius 1 is 0.944 bits per heavy atom. The second kappa shape index (κ2) is 8.86. The molecule has 18 heavy (non-hydrogen) atoms. The topological polar surface area (TPSA) is 39.7 Å². The lowest BCUT2D eigenvalue weighted by atomic mass is 9.94. The zero-order valence-electron chi connectivity index (χ0n) is 11.4. The van der Waals surface area contributed by atoms with Gasteiger partial charge in [0.25, 0.3) is 0 Å². The lowest BCUT2D eigenvalue weighted by Crippen LogP contribution is -2.37. The zero-order valence-corrected chi connectivity index (χ0v) is 11.4. The summed E-state index contributed by atoms with van der Waals surface area (Å²) in [6.07, 6.45) is 6.76. The molecule has 0 aromatic carbocycles. The first-order chi connectivity index (χ1) is 8.95. The molecule has 2 aliphatic rings. The minimum absolute atomic E-state index is 0.259. The average molecular weight is 257 g/mol. The van der Waals surface area contributed by atoms with Crippen LogP contribution < -0.4 is 5.32 Å². The Labute approximate surface area is 110 Å². The van der Waals surface area contributed by atoms with Gasteiger partial charge < -0.3 is 19.5 Å². The molecule has 2 heterocycles. The van der Waals surface area contributed by atoms with Gasteiger partial charge in [-0.1, -0.05) is 12.8 Å². The molecule has 0 saturated carbocycles. The van der Waals surface area contributed by atoms with Crippen molar-refractivity contribution in [3.05, 3.63) is 0 Å². The van der Waals surface area contributed by atoms with Gasteiger partial charge in [-0.05, 0) is 31.7 Å². The Hall–Kier alpha value is -0.160. The highest BCUT2D eigenvalue weighted by atomic mass is 16.6. The Morgan fingerprint density at radius 2 is 1.83 bits per heavy atom. The first-order valence-electron chi connectivity index (χ1n) is 7.43. The molecule has 0 spiro atoms. The van der Waals surface area contributed by atoms with Crippen molar-refractivity contribution < 1.29 is 14.2 Å². The molecule has 0 bridgehead atoms. The van der Waals surface area contributed by atoms with Crippen molar-refractivity contribution in [2.75, 3.05) is 46.1 Å². The fourth-order valence-corrected chi connectivity index (χ4v) is 2.64. The van der Waals surface area contributed by atoms with Gasteiger partial charge in [0, 0.05) is 19.8 Å². The maximum atomic E-state index is 5.58. The van der Waals surface area contributed by atoms with E-state index in [4.69, 9.17) is 14.2 Å². The van der Waals surface area contributed by atoms with Gasteiger partial charge in [-0.25, -0.2) is 0 Å². The first kappa shape index (κ1) is 14.3. The van der Waals surface area contributed by atoms with Gasteiger partial charge in [0.1, 0.15) is 0 Å². The minimum atomic E-state index is 0.259. The molecule has 0 radical (unpaired) electrons. The van der Waals surface area contributed by atoms with E-state index in [1.807, 2.05) is 0 Å². The Kier molecular flexibility index (Phi) is 7.01. The second-order valence-corrected chi connectivity index (χ2v) is 5.32. The molecule has 2 fully saturated rings. The van der Waals surface area contributed by atoms with E-state index in [1.54, 1.807) is 0 Å². The number of nitrogens with one attached hydrogen (secondary N) is 1. The average Bonchev–Trinajstić information content (AvgIpc) is 2.45. The molecule has 4 heteroatoms. The summed E-state index contributed by atoms with van der Waals surface area (Å²) < 4.78 is 16.3. The van der Waals surface area contributed by atoms with Crippen molar-refractivity contribution >= 4 is 0 Å². The molecule has 2 saturated heterocycles. The summed E-state index contributed by atoms with van der Waals surface area (Å²) >= 11 is 0. The van der Waals surface area contributed by atoms with Gasteiger partial charge in [-0.2, -0.15) is 0 Å². The van der Waals surface area contributed by atoms with Crippen LogP contribution in [0.2, 0.25) is 0 Å². The highest BCUT2D eigenvalue weighted by molar-refractivity contribution is 4.66. The van der Waals surface area contributed by atoms with Gasteiger partial charge in [-0.15, -0.1) is 0 Å². The van der Waals surface area contributed by atoms with Crippen molar-refractivity contribution in [2.24, 2.45) is 5.92 Å². The predicted molar refractivity (Wildman–Crippen MR) is 70.8 cm³/mol. The summed E-state index contributed by atoms with van der Waals surface area (Å²) in [5.74, 6) is 0.911. The van der Waals surface area contributed by atoms with Crippen molar-refractivity contribution in [3.8, 4) is 0 Å². The standard InChI is InChI=1S/C14H27NO3/c1(3-13-4-7-16-8-5-13)2-6-15-11-14-12-17-9-10-18-14/h13-15H,1-12H2. The van der Waals surface area contributed by atoms with Crippen LogP contribution in [0.25, 0.3) is 0 Å². The Bertz CT molecular complexity index is 179. The van der Waals surface area contributed by atoms with Gasteiger partial charge in [0.2, 0.25) is 0 Å². The highest BCUT2D eigenvalue weighted by Gasteiger charge is 2.14. The predicted octanol–water partition coefficient (Wildman–Crippen LogP) is 1.59. The molecule has 0 amide bonds. The van der Waals surface area contributed by atoms with Crippen LogP contribution in [-0.2, 0) is 14.2 Å². The van der Waals surface area contributed by atoms with E-state index in [0.29, 0.717) is 0 Å². The quantitative estimate of drug-likeness (QED) is 0.703. The zero-order chi connectivity index (χ0) is 12.5. The molecule has 0 aromatic rings. The SMILES string of the molecule is C(CCC1CCOCC1)CNCC1COCCO1. The van der Waals surface area contributed by atoms with Crippen LogP contribution in [0.5, 0.6) is 0 Å². The number of hydrogen-bond acceptors (Lipinski definition) is 4. The lowest BCUT2D eigenvalue weighted by molar-refractivity contribution is -0.0863. The van der Waals surface area contributed by atoms with Crippen molar-refractivity contribution in [1.82, 2.24) is 5.32 Å². The Balaban J connectivity index is 1.39. The van der Waals surface area contributed by atoms with Crippen LogP contribution in [0, 0.1) is 5.92 Å². The number of ether oxygens (including phenoxy) is 3. The molecule has 106 valence electrons. The molecule has 4 nitrogen and oxygen atoms in total. The van der Waals surface area contributed by atoms with E-state index in [2.05, 4.69) is 5.32 Å². The Morgan fingerprint density at radius 3 is 2.61 bits per heavy atom. The van der Waals surface area contributed by atoms with Gasteiger partial charge >= 0.3 is 0 Å². The van der Waals surface area contributed by atoms with Crippen LogP contribution in [0.4, 0.5) is 0 Å². The molecule has 0 aromatic heterocycles. The molecular formula is C14H27NO3. The van der Waals surface area contributed by atoms with Gasteiger partial charge in [0.05, 0.1) is 25.9 Å². The summed E-state index contributed by atoms with van der Waals surface area (Å²) in [5.41, 5.74) is 0. The highest BCUT2D eigenvalue weighted by Crippen LogP contribution is 2.20. The molecule has 0 aliphatic carbocycles. The monoisotopic (exact) mass is 257 g/mol. The molecule has 2 rings (SSSR count). The second-order valence-electron chi connectivity index (χ2n) is 5.32. The third-order valence-electron chi connectivity index (χ3n) is 3.81. The number of hydrogen-bond donors (Lipinski definition) is 1. The molecule has 1 unspecified atom stereocenters.